The van der Waals surface area contributed by atoms with Gasteiger partial charge in [0.1, 0.15) is 5.75 Å². The summed E-state index contributed by atoms with van der Waals surface area (Å²) in [6.45, 7) is 7.26. The number of benzene rings is 2. The van der Waals surface area contributed by atoms with E-state index in [1.165, 1.54) is 5.56 Å². The molecule has 5 heteroatoms. The number of nitrogens with one attached hydrogen (secondary N) is 1. The Balaban J connectivity index is 1.63. The Morgan fingerprint density at radius 1 is 1.14 bits per heavy atom. The number of nitrogens with zero attached hydrogens (tertiary/aromatic N) is 1. The quantitative estimate of drug-likeness (QED) is 0.861. The van der Waals surface area contributed by atoms with Gasteiger partial charge in [-0.15, -0.1) is 0 Å². The summed E-state index contributed by atoms with van der Waals surface area (Å²) in [5, 5.41) is 2.94. The van der Waals surface area contributed by atoms with Crippen molar-refractivity contribution in [3.8, 4) is 5.75 Å². The fourth-order valence-corrected chi connectivity index (χ4v) is 3.45. The molecule has 2 amide bonds. The summed E-state index contributed by atoms with van der Waals surface area (Å²) in [6.07, 6.45) is 0.235. The zero-order chi connectivity index (χ0) is 20.3. The van der Waals surface area contributed by atoms with Crippen LogP contribution in [0.3, 0.4) is 0 Å². The van der Waals surface area contributed by atoms with Crippen molar-refractivity contribution in [3.05, 3.63) is 59.7 Å². The fourth-order valence-electron chi connectivity index (χ4n) is 3.45. The summed E-state index contributed by atoms with van der Waals surface area (Å²) in [7, 11) is 1.61. The largest absolute Gasteiger partial charge is 0.496 e. The molecule has 1 unspecified atom stereocenters. The van der Waals surface area contributed by atoms with Crippen LogP contribution in [0.15, 0.2) is 48.5 Å². The highest BCUT2D eigenvalue weighted by Crippen LogP contribution is 2.29. The maximum Gasteiger partial charge on any atom is 0.227 e. The average molecular weight is 380 g/mol. The van der Waals surface area contributed by atoms with E-state index in [1.807, 2.05) is 36.4 Å². The third kappa shape index (κ3) is 4.35. The molecule has 1 aliphatic rings. The Labute approximate surface area is 166 Å². The van der Waals surface area contributed by atoms with Crippen LogP contribution in [-0.4, -0.2) is 25.5 Å². The number of amides is 2. The van der Waals surface area contributed by atoms with Gasteiger partial charge in [-0.25, -0.2) is 0 Å². The van der Waals surface area contributed by atoms with Crippen molar-refractivity contribution in [1.29, 1.82) is 0 Å². The molecule has 0 bridgehead atoms. The van der Waals surface area contributed by atoms with Crippen molar-refractivity contribution in [2.24, 2.45) is 5.92 Å². The molecule has 0 aliphatic carbocycles. The predicted molar refractivity (Wildman–Crippen MR) is 110 cm³/mol. The lowest BCUT2D eigenvalue weighted by atomic mass is 9.87. The zero-order valence-corrected chi connectivity index (χ0v) is 17.0. The molecule has 1 atom stereocenters. The molecule has 1 fully saturated rings. The summed E-state index contributed by atoms with van der Waals surface area (Å²) < 4.78 is 5.31. The minimum atomic E-state index is -0.343. The lowest BCUT2D eigenvalue weighted by Gasteiger charge is -2.21. The van der Waals surface area contributed by atoms with Gasteiger partial charge in [0.15, 0.2) is 0 Å². The van der Waals surface area contributed by atoms with E-state index in [-0.39, 0.29) is 29.6 Å². The summed E-state index contributed by atoms with van der Waals surface area (Å²) in [4.78, 5) is 26.8. The van der Waals surface area contributed by atoms with Crippen molar-refractivity contribution in [3.63, 3.8) is 0 Å². The number of carbonyl (C=O) groups excluding carboxylic acids is 2. The fraction of sp³-hybridized carbons (Fsp3) is 0.391. The van der Waals surface area contributed by atoms with E-state index in [2.05, 4.69) is 38.2 Å². The summed E-state index contributed by atoms with van der Waals surface area (Å²) in [5.41, 5.74) is 3.04. The van der Waals surface area contributed by atoms with E-state index < -0.39 is 0 Å². The number of hydrogen-bond acceptors (Lipinski definition) is 3. The second-order valence-electron chi connectivity index (χ2n) is 8.23. The third-order valence-electron chi connectivity index (χ3n) is 5.19. The van der Waals surface area contributed by atoms with Gasteiger partial charge in [-0.2, -0.15) is 0 Å². The number of carbonyl (C=O) groups is 2. The molecule has 1 aliphatic heterocycles. The first-order chi connectivity index (χ1) is 13.3. The van der Waals surface area contributed by atoms with Gasteiger partial charge in [-0.1, -0.05) is 51.1 Å². The first kappa shape index (κ1) is 19.9. The molecule has 28 heavy (non-hydrogen) atoms. The maximum atomic E-state index is 12.6. The van der Waals surface area contributed by atoms with Gasteiger partial charge in [0.25, 0.3) is 0 Å². The Kier molecular flexibility index (Phi) is 5.73. The number of ether oxygens (including phenoxy) is 1. The number of hydrogen-bond donors (Lipinski definition) is 1. The summed E-state index contributed by atoms with van der Waals surface area (Å²) in [6, 6.07) is 15.6. The number of rotatable bonds is 5. The molecule has 1 heterocycles. The molecule has 0 aromatic heterocycles. The van der Waals surface area contributed by atoms with Crippen LogP contribution in [0.2, 0.25) is 0 Å². The first-order valence-corrected chi connectivity index (χ1v) is 9.60. The van der Waals surface area contributed by atoms with Gasteiger partial charge in [0.2, 0.25) is 11.8 Å². The molecule has 5 nitrogen and oxygen atoms in total. The van der Waals surface area contributed by atoms with Gasteiger partial charge in [0, 0.05) is 30.8 Å². The van der Waals surface area contributed by atoms with Crippen molar-refractivity contribution in [2.45, 2.75) is 39.2 Å². The lowest BCUT2D eigenvalue weighted by Crippen LogP contribution is -2.32. The lowest BCUT2D eigenvalue weighted by molar-refractivity contribution is -0.126. The highest BCUT2D eigenvalue weighted by Gasteiger charge is 2.35. The van der Waals surface area contributed by atoms with Crippen molar-refractivity contribution >= 4 is 17.5 Å². The molecule has 0 radical (unpaired) electrons. The molecule has 1 saturated heterocycles. The van der Waals surface area contributed by atoms with Crippen LogP contribution in [0.5, 0.6) is 5.75 Å². The summed E-state index contributed by atoms with van der Waals surface area (Å²) >= 11 is 0. The Bertz CT molecular complexity index is 853. The van der Waals surface area contributed by atoms with E-state index >= 15 is 0 Å². The van der Waals surface area contributed by atoms with Gasteiger partial charge < -0.3 is 15.0 Å². The molecule has 1 N–H and O–H groups in total. The highest BCUT2D eigenvalue weighted by molar-refractivity contribution is 6.00. The highest BCUT2D eigenvalue weighted by atomic mass is 16.5. The van der Waals surface area contributed by atoms with Crippen LogP contribution in [0.25, 0.3) is 0 Å². The van der Waals surface area contributed by atoms with E-state index in [0.29, 0.717) is 13.1 Å². The van der Waals surface area contributed by atoms with Crippen LogP contribution in [-0.2, 0) is 21.5 Å². The SMILES string of the molecule is COc1ccccc1CNC(=O)C1CC(=O)N(c2ccc(C(C)(C)C)cc2)C1. The summed E-state index contributed by atoms with van der Waals surface area (Å²) in [5.74, 6) is 0.282. The van der Waals surface area contributed by atoms with Crippen molar-refractivity contribution in [2.75, 3.05) is 18.6 Å². The second kappa shape index (κ2) is 8.05. The minimum Gasteiger partial charge on any atom is -0.496 e. The second-order valence-corrected chi connectivity index (χ2v) is 8.23. The van der Waals surface area contributed by atoms with Gasteiger partial charge >= 0.3 is 0 Å². The molecule has 3 rings (SSSR count). The Morgan fingerprint density at radius 2 is 1.82 bits per heavy atom. The van der Waals surface area contributed by atoms with Crippen LogP contribution >= 0.6 is 0 Å². The van der Waals surface area contributed by atoms with Gasteiger partial charge in [0.05, 0.1) is 13.0 Å². The first-order valence-electron chi connectivity index (χ1n) is 9.60. The molecule has 2 aromatic rings. The maximum absolute atomic E-state index is 12.6. The third-order valence-corrected chi connectivity index (χ3v) is 5.19. The topological polar surface area (TPSA) is 58.6 Å². The molecular weight excluding hydrogens is 352 g/mol. The number of para-hydroxylation sites is 1. The Hall–Kier alpha value is -2.82. The minimum absolute atomic E-state index is 0.0130. The van der Waals surface area contributed by atoms with E-state index in [9.17, 15) is 9.59 Å². The monoisotopic (exact) mass is 380 g/mol. The smallest absolute Gasteiger partial charge is 0.227 e. The molecular formula is C23H28N2O3. The van der Waals surface area contributed by atoms with E-state index in [1.54, 1.807) is 12.0 Å². The average Bonchev–Trinajstić information content (AvgIpc) is 3.07. The zero-order valence-electron chi connectivity index (χ0n) is 17.0. The van der Waals surface area contributed by atoms with Gasteiger partial charge in [-0.05, 0) is 29.2 Å². The standard InChI is InChI=1S/C23H28N2O3/c1-23(2,3)18-9-11-19(12-10-18)25-15-17(13-21(25)26)22(27)24-14-16-7-5-6-8-20(16)28-4/h5-12,17H,13-15H2,1-4H3,(H,24,27). The van der Waals surface area contributed by atoms with Crippen LogP contribution in [0.4, 0.5) is 5.69 Å². The predicted octanol–water partition coefficient (Wildman–Crippen LogP) is 3.66. The molecule has 148 valence electrons. The molecule has 0 saturated carbocycles. The number of methoxy groups -OCH3 is 1. The van der Waals surface area contributed by atoms with E-state index in [4.69, 9.17) is 4.74 Å². The normalized spacial score (nSPS) is 16.9. The van der Waals surface area contributed by atoms with Crippen LogP contribution < -0.4 is 15.0 Å². The van der Waals surface area contributed by atoms with Crippen LogP contribution in [0, 0.1) is 5.92 Å². The molecule has 0 spiro atoms. The van der Waals surface area contributed by atoms with Crippen molar-refractivity contribution < 1.29 is 14.3 Å². The number of anilines is 1. The molecule has 2 aromatic carbocycles. The van der Waals surface area contributed by atoms with Crippen molar-refractivity contribution in [1.82, 2.24) is 5.32 Å². The van der Waals surface area contributed by atoms with Gasteiger partial charge in [-0.3, -0.25) is 9.59 Å². The van der Waals surface area contributed by atoms with Crippen LogP contribution in [0.1, 0.15) is 38.3 Å². The Morgan fingerprint density at radius 3 is 2.46 bits per heavy atom. The van der Waals surface area contributed by atoms with E-state index in [0.717, 1.165) is 17.0 Å².